The molecule has 0 atom stereocenters. The quantitative estimate of drug-likeness (QED) is 0.860. The van der Waals surface area contributed by atoms with E-state index < -0.39 is 0 Å². The van der Waals surface area contributed by atoms with Crippen molar-refractivity contribution >= 4 is 10.9 Å². The average molecular weight is 219 g/mol. The Balaban J connectivity index is 2.66. The van der Waals surface area contributed by atoms with E-state index in [-0.39, 0.29) is 0 Å². The van der Waals surface area contributed by atoms with Crippen LogP contribution >= 0.6 is 0 Å². The molecule has 0 saturated carbocycles. The highest BCUT2D eigenvalue weighted by Crippen LogP contribution is 2.24. The topological polar surface area (TPSA) is 53.1 Å². The van der Waals surface area contributed by atoms with Crippen molar-refractivity contribution in [3.63, 3.8) is 0 Å². The fourth-order valence-corrected chi connectivity index (χ4v) is 1.90. The van der Waals surface area contributed by atoms with Crippen molar-refractivity contribution in [3.8, 4) is 5.75 Å². The number of hydrogen-bond donors (Lipinski definition) is 1. The summed E-state index contributed by atoms with van der Waals surface area (Å²) in [5.74, 6) is 0.824. The van der Waals surface area contributed by atoms with Gasteiger partial charge in [-0.15, -0.1) is 0 Å². The number of benzene rings is 1. The highest BCUT2D eigenvalue weighted by atomic mass is 16.5. The molecule has 16 heavy (non-hydrogen) atoms. The van der Waals surface area contributed by atoms with E-state index in [0.717, 1.165) is 22.3 Å². The lowest BCUT2D eigenvalue weighted by Gasteiger charge is -2.08. The number of hydrogen-bond acceptors (Lipinski definition) is 3. The fraction of sp³-hybridized carbons (Fsp3) is 0.417. The van der Waals surface area contributed by atoms with Gasteiger partial charge in [-0.25, -0.2) is 0 Å². The maximum atomic E-state index is 5.78. The van der Waals surface area contributed by atoms with Crippen LogP contribution in [0.5, 0.6) is 5.75 Å². The molecule has 1 aromatic heterocycles. The molecule has 4 heteroatoms. The first kappa shape index (κ1) is 11.0. The van der Waals surface area contributed by atoms with Crippen molar-refractivity contribution in [3.05, 3.63) is 23.9 Å². The third kappa shape index (κ3) is 1.65. The van der Waals surface area contributed by atoms with Crippen molar-refractivity contribution in [2.45, 2.75) is 26.4 Å². The average Bonchev–Trinajstić information content (AvgIpc) is 2.66. The van der Waals surface area contributed by atoms with Gasteiger partial charge in [-0.2, -0.15) is 5.10 Å². The van der Waals surface area contributed by atoms with Gasteiger partial charge in [0.1, 0.15) is 5.75 Å². The molecule has 0 aliphatic rings. The first-order valence-electron chi connectivity index (χ1n) is 5.42. The van der Waals surface area contributed by atoms with E-state index >= 15 is 0 Å². The number of rotatable bonds is 3. The SMILES string of the molecule is COc1ccc2c(CN)n(C(C)C)nc2c1. The Morgan fingerprint density at radius 2 is 2.19 bits per heavy atom. The summed E-state index contributed by atoms with van der Waals surface area (Å²) in [5.41, 5.74) is 7.79. The lowest BCUT2D eigenvalue weighted by Crippen LogP contribution is -2.10. The summed E-state index contributed by atoms with van der Waals surface area (Å²) in [4.78, 5) is 0. The molecule has 0 fully saturated rings. The second-order valence-corrected chi connectivity index (χ2v) is 4.07. The molecule has 0 aliphatic carbocycles. The molecule has 4 nitrogen and oxygen atoms in total. The van der Waals surface area contributed by atoms with E-state index in [0.29, 0.717) is 12.6 Å². The molecule has 0 aliphatic heterocycles. The lowest BCUT2D eigenvalue weighted by molar-refractivity contribution is 0.415. The largest absolute Gasteiger partial charge is 0.497 e. The normalized spacial score (nSPS) is 11.3. The van der Waals surface area contributed by atoms with Gasteiger partial charge < -0.3 is 10.5 Å². The zero-order valence-electron chi connectivity index (χ0n) is 9.90. The Hall–Kier alpha value is -1.55. The zero-order chi connectivity index (χ0) is 11.7. The molecule has 0 saturated heterocycles. The van der Waals surface area contributed by atoms with Gasteiger partial charge in [-0.05, 0) is 26.0 Å². The van der Waals surface area contributed by atoms with Crippen LogP contribution in [0.1, 0.15) is 25.6 Å². The van der Waals surface area contributed by atoms with Gasteiger partial charge in [0.25, 0.3) is 0 Å². The summed E-state index contributed by atoms with van der Waals surface area (Å²) in [6, 6.07) is 6.21. The molecule has 0 bridgehead atoms. The van der Waals surface area contributed by atoms with Crippen LogP contribution in [0.2, 0.25) is 0 Å². The zero-order valence-corrected chi connectivity index (χ0v) is 9.90. The van der Waals surface area contributed by atoms with Crippen molar-refractivity contribution < 1.29 is 4.74 Å². The minimum Gasteiger partial charge on any atom is -0.497 e. The molecule has 86 valence electrons. The van der Waals surface area contributed by atoms with Crippen LogP contribution in [-0.2, 0) is 6.54 Å². The predicted octanol–water partition coefficient (Wildman–Crippen LogP) is 2.08. The maximum Gasteiger partial charge on any atom is 0.121 e. The van der Waals surface area contributed by atoms with Crippen LogP contribution in [0.25, 0.3) is 10.9 Å². The Morgan fingerprint density at radius 3 is 2.75 bits per heavy atom. The van der Waals surface area contributed by atoms with E-state index in [1.165, 1.54) is 0 Å². The standard InChI is InChI=1S/C12H17N3O/c1-8(2)15-12(7-13)10-5-4-9(16-3)6-11(10)14-15/h4-6,8H,7,13H2,1-3H3. The van der Waals surface area contributed by atoms with Crippen LogP contribution in [0.4, 0.5) is 0 Å². The summed E-state index contributed by atoms with van der Waals surface area (Å²) in [7, 11) is 1.66. The van der Waals surface area contributed by atoms with Crippen molar-refractivity contribution in [1.29, 1.82) is 0 Å². The first-order chi connectivity index (χ1) is 7.67. The molecular formula is C12H17N3O. The first-order valence-corrected chi connectivity index (χ1v) is 5.42. The third-order valence-electron chi connectivity index (χ3n) is 2.69. The van der Waals surface area contributed by atoms with E-state index in [2.05, 4.69) is 18.9 Å². The van der Waals surface area contributed by atoms with Crippen molar-refractivity contribution in [2.75, 3.05) is 7.11 Å². The molecule has 2 N–H and O–H groups in total. The number of methoxy groups -OCH3 is 1. The summed E-state index contributed by atoms with van der Waals surface area (Å²) in [6.45, 7) is 4.70. The number of fused-ring (bicyclic) bond motifs is 1. The molecule has 2 rings (SSSR count). The molecule has 0 radical (unpaired) electrons. The lowest BCUT2D eigenvalue weighted by atomic mass is 10.2. The predicted molar refractivity (Wildman–Crippen MR) is 64.6 cm³/mol. The summed E-state index contributed by atoms with van der Waals surface area (Å²) < 4.78 is 7.16. The van der Waals surface area contributed by atoms with Gasteiger partial charge in [-0.3, -0.25) is 4.68 Å². The van der Waals surface area contributed by atoms with Crippen LogP contribution < -0.4 is 10.5 Å². The van der Waals surface area contributed by atoms with Gasteiger partial charge in [0.2, 0.25) is 0 Å². The Morgan fingerprint density at radius 1 is 1.44 bits per heavy atom. The van der Waals surface area contributed by atoms with Crippen molar-refractivity contribution in [2.24, 2.45) is 5.73 Å². The molecule has 0 spiro atoms. The molecular weight excluding hydrogens is 202 g/mol. The summed E-state index contributed by atoms with van der Waals surface area (Å²) in [5, 5.41) is 5.66. The van der Waals surface area contributed by atoms with E-state index in [4.69, 9.17) is 10.5 Å². The smallest absolute Gasteiger partial charge is 0.121 e. The Kier molecular flexibility index (Phi) is 2.83. The third-order valence-corrected chi connectivity index (χ3v) is 2.69. The summed E-state index contributed by atoms with van der Waals surface area (Å²) in [6.07, 6.45) is 0. The van der Waals surface area contributed by atoms with Gasteiger partial charge in [0.15, 0.2) is 0 Å². The van der Waals surface area contributed by atoms with Gasteiger partial charge in [0.05, 0.1) is 18.3 Å². The minimum absolute atomic E-state index is 0.317. The number of ether oxygens (including phenoxy) is 1. The van der Waals surface area contributed by atoms with Crippen LogP contribution in [-0.4, -0.2) is 16.9 Å². The monoisotopic (exact) mass is 219 g/mol. The molecule has 0 amide bonds. The van der Waals surface area contributed by atoms with Crippen LogP contribution in [0, 0.1) is 0 Å². The number of nitrogens with two attached hydrogens (primary N) is 1. The molecule has 1 heterocycles. The van der Waals surface area contributed by atoms with Crippen LogP contribution in [0.3, 0.4) is 0 Å². The van der Waals surface area contributed by atoms with E-state index in [1.807, 2.05) is 22.9 Å². The van der Waals surface area contributed by atoms with Crippen molar-refractivity contribution in [1.82, 2.24) is 9.78 Å². The van der Waals surface area contributed by atoms with E-state index in [1.54, 1.807) is 7.11 Å². The molecule has 0 unspecified atom stereocenters. The number of nitrogens with zero attached hydrogens (tertiary/aromatic N) is 2. The van der Waals surface area contributed by atoms with Gasteiger partial charge in [-0.1, -0.05) is 0 Å². The van der Waals surface area contributed by atoms with E-state index in [9.17, 15) is 0 Å². The fourth-order valence-electron chi connectivity index (χ4n) is 1.90. The second-order valence-electron chi connectivity index (χ2n) is 4.07. The second kappa shape index (κ2) is 4.14. The highest BCUT2D eigenvalue weighted by Gasteiger charge is 2.12. The molecule has 1 aromatic carbocycles. The number of aromatic nitrogens is 2. The van der Waals surface area contributed by atoms with Gasteiger partial charge >= 0.3 is 0 Å². The van der Waals surface area contributed by atoms with Crippen LogP contribution in [0.15, 0.2) is 18.2 Å². The maximum absolute atomic E-state index is 5.78. The molecule has 2 aromatic rings. The van der Waals surface area contributed by atoms with Gasteiger partial charge in [0, 0.05) is 24.0 Å². The Labute approximate surface area is 95.0 Å². The highest BCUT2D eigenvalue weighted by molar-refractivity contribution is 5.83. The Bertz CT molecular complexity index is 502. The summed E-state index contributed by atoms with van der Waals surface area (Å²) >= 11 is 0. The minimum atomic E-state index is 0.317.